The second kappa shape index (κ2) is 19.8. The van der Waals surface area contributed by atoms with E-state index < -0.39 is 5.41 Å². The first-order valence-electron chi connectivity index (χ1n) is 29.4. The van der Waals surface area contributed by atoms with E-state index in [0.717, 1.165) is 34.1 Å². The molecule has 85 heavy (non-hydrogen) atoms. The average molecular weight is 1100 g/mol. The Morgan fingerprint density at radius 2 is 0.753 bits per heavy atom. The zero-order valence-electron chi connectivity index (χ0n) is 46.5. The Labute approximate surface area is 499 Å². The van der Waals surface area contributed by atoms with E-state index in [4.69, 9.17) is 0 Å². The van der Waals surface area contributed by atoms with Crippen molar-refractivity contribution in [1.82, 2.24) is 0 Å². The smallest absolute Gasteiger partial charge is 0.0719 e. The molecule has 0 radical (unpaired) electrons. The first-order valence-corrected chi connectivity index (χ1v) is 30.2. The Morgan fingerprint density at radius 3 is 1.40 bits per heavy atom. The predicted octanol–water partition coefficient (Wildman–Crippen LogP) is 22.5. The van der Waals surface area contributed by atoms with Gasteiger partial charge in [-0.25, -0.2) is 0 Å². The van der Waals surface area contributed by atoms with Crippen LogP contribution in [-0.2, 0) is 5.41 Å². The molecular weight excluding hydrogens is 1040 g/mol. The van der Waals surface area contributed by atoms with Crippen LogP contribution in [0.2, 0.25) is 0 Å². The van der Waals surface area contributed by atoms with Crippen molar-refractivity contribution in [2.75, 3.05) is 9.80 Å². The lowest BCUT2D eigenvalue weighted by molar-refractivity contribution is 0.697. The van der Waals surface area contributed by atoms with Crippen LogP contribution in [0.25, 0.3) is 75.1 Å². The molecule has 2 nitrogen and oxygen atoms in total. The standard InChI is InChI=1S/C82H54N2S/c1-3-22-58(23-4-1)80-69-31-12-15-36-74(69)82(75-37-16-13-32-70(75)80)73-35-14-11-30-68(73)71-52-63(48-50-76(71)82)84(59-26-5-2-6-27-59)77-38-19-39-79-81(77)72-53-62(49-51-78(72)85-79)83(60-44-40-56(41-45-60)66-33-17-24-54-20-7-9-28-64(54)66)61-46-42-57(43-47-61)67-34-18-25-55-21-8-10-29-65(55)67/h1-53,80H. The molecule has 0 N–H and O–H groups in total. The number of benzene rings is 14. The number of hydrogen-bond acceptors (Lipinski definition) is 3. The van der Waals surface area contributed by atoms with E-state index in [1.165, 1.54) is 114 Å². The Balaban J connectivity index is 0.833. The maximum atomic E-state index is 2.50. The van der Waals surface area contributed by atoms with Crippen molar-refractivity contribution in [3.8, 4) is 33.4 Å². The highest BCUT2D eigenvalue weighted by Crippen LogP contribution is 2.63. The molecule has 1 heterocycles. The molecular formula is C82H54N2S. The van der Waals surface area contributed by atoms with Gasteiger partial charge in [-0.1, -0.05) is 243 Å². The lowest BCUT2D eigenvalue weighted by Gasteiger charge is -2.43. The predicted molar refractivity (Wildman–Crippen MR) is 359 cm³/mol. The van der Waals surface area contributed by atoms with E-state index in [9.17, 15) is 0 Å². The van der Waals surface area contributed by atoms with Crippen LogP contribution in [-0.4, -0.2) is 0 Å². The topological polar surface area (TPSA) is 6.48 Å². The summed E-state index contributed by atoms with van der Waals surface area (Å²) in [5.41, 5.74) is 22.8. The minimum absolute atomic E-state index is 0.111. The molecule has 14 aromatic carbocycles. The molecule has 0 amide bonds. The van der Waals surface area contributed by atoms with Gasteiger partial charge in [0.05, 0.1) is 11.1 Å². The largest absolute Gasteiger partial charge is 0.310 e. The molecule has 15 aromatic rings. The Kier molecular flexibility index (Phi) is 11.4. The monoisotopic (exact) mass is 1100 g/mol. The quantitative estimate of drug-likeness (QED) is 0.142. The van der Waals surface area contributed by atoms with E-state index in [2.05, 4.69) is 331 Å². The van der Waals surface area contributed by atoms with Crippen molar-refractivity contribution in [1.29, 1.82) is 0 Å². The molecule has 0 bridgehead atoms. The van der Waals surface area contributed by atoms with E-state index in [1.807, 2.05) is 11.3 Å². The molecule has 0 aliphatic heterocycles. The zero-order chi connectivity index (χ0) is 56.0. The van der Waals surface area contributed by atoms with Gasteiger partial charge in [-0.2, -0.15) is 0 Å². The molecule has 0 unspecified atom stereocenters. The fourth-order valence-electron chi connectivity index (χ4n) is 14.6. The molecule has 3 heteroatoms. The number of rotatable bonds is 9. The van der Waals surface area contributed by atoms with Crippen molar-refractivity contribution in [2.45, 2.75) is 11.3 Å². The summed E-state index contributed by atoms with van der Waals surface area (Å²) in [6.45, 7) is 0. The minimum atomic E-state index is -0.515. The highest BCUT2D eigenvalue weighted by molar-refractivity contribution is 7.26. The van der Waals surface area contributed by atoms with Crippen molar-refractivity contribution >= 4 is 87.2 Å². The number of nitrogens with zero attached hydrogens (tertiary/aromatic N) is 2. The van der Waals surface area contributed by atoms with E-state index >= 15 is 0 Å². The first kappa shape index (κ1) is 49.1. The van der Waals surface area contributed by atoms with Gasteiger partial charge in [0.1, 0.15) is 0 Å². The molecule has 398 valence electrons. The second-order valence-corrected chi connectivity index (χ2v) is 23.7. The molecule has 17 rings (SSSR count). The van der Waals surface area contributed by atoms with Gasteiger partial charge < -0.3 is 9.80 Å². The van der Waals surface area contributed by atoms with Crippen LogP contribution >= 0.6 is 11.3 Å². The maximum Gasteiger partial charge on any atom is 0.0719 e. The maximum absolute atomic E-state index is 2.50. The van der Waals surface area contributed by atoms with Crippen LogP contribution in [0.15, 0.2) is 322 Å². The van der Waals surface area contributed by atoms with Crippen LogP contribution in [0.4, 0.5) is 34.1 Å². The van der Waals surface area contributed by atoms with Gasteiger partial charge in [0.25, 0.3) is 0 Å². The van der Waals surface area contributed by atoms with Gasteiger partial charge in [-0.05, 0) is 173 Å². The molecule has 0 saturated carbocycles. The summed E-state index contributed by atoms with van der Waals surface area (Å²) in [5, 5.41) is 7.42. The van der Waals surface area contributed by atoms with Crippen molar-refractivity contribution in [3.63, 3.8) is 0 Å². The van der Waals surface area contributed by atoms with Crippen LogP contribution in [0.1, 0.15) is 44.9 Å². The third-order valence-electron chi connectivity index (χ3n) is 18.2. The first-order chi connectivity index (χ1) is 42.2. The summed E-state index contributed by atoms with van der Waals surface area (Å²) >= 11 is 1.86. The van der Waals surface area contributed by atoms with Crippen LogP contribution < -0.4 is 9.80 Å². The van der Waals surface area contributed by atoms with Gasteiger partial charge >= 0.3 is 0 Å². The van der Waals surface area contributed by atoms with Crippen molar-refractivity contribution in [2.24, 2.45) is 0 Å². The summed E-state index contributed by atoms with van der Waals surface area (Å²) < 4.78 is 2.48. The van der Waals surface area contributed by atoms with Crippen molar-refractivity contribution < 1.29 is 0 Å². The lowest BCUT2D eigenvalue weighted by atomic mass is 9.58. The van der Waals surface area contributed by atoms with E-state index in [-0.39, 0.29) is 5.92 Å². The fourth-order valence-corrected chi connectivity index (χ4v) is 15.7. The highest BCUT2D eigenvalue weighted by Gasteiger charge is 2.52. The van der Waals surface area contributed by atoms with Crippen molar-refractivity contribution in [3.05, 3.63) is 360 Å². The van der Waals surface area contributed by atoms with E-state index in [1.54, 1.807) is 0 Å². The third-order valence-corrected chi connectivity index (χ3v) is 19.3. The average Bonchev–Trinajstić information content (AvgIpc) is 1.62. The Hall–Kier alpha value is -10.6. The number of thiophene rings is 1. The highest BCUT2D eigenvalue weighted by atomic mass is 32.1. The molecule has 2 aliphatic carbocycles. The fraction of sp³-hybridized carbons (Fsp3) is 0.0244. The van der Waals surface area contributed by atoms with Gasteiger partial charge in [0, 0.05) is 54.5 Å². The molecule has 1 spiro atoms. The second-order valence-electron chi connectivity index (χ2n) is 22.6. The SMILES string of the molecule is c1ccc(C2c3ccccc3C3(c4ccccc4-c4cc(N(c5ccccc5)c5cccc6sc7ccc(N(c8ccc(-c9cccc%10ccccc9%10)cc8)c8ccc(-c9cccc%10ccccc9%10)cc8)cc7c56)ccc43)c3ccccc32)cc1. The summed E-state index contributed by atoms with van der Waals surface area (Å²) in [4.78, 5) is 4.93. The van der Waals surface area contributed by atoms with Crippen LogP contribution in [0.3, 0.4) is 0 Å². The molecule has 0 atom stereocenters. The third kappa shape index (κ3) is 7.71. The van der Waals surface area contributed by atoms with Crippen LogP contribution in [0.5, 0.6) is 0 Å². The van der Waals surface area contributed by atoms with Gasteiger partial charge in [-0.15, -0.1) is 11.3 Å². The van der Waals surface area contributed by atoms with Gasteiger partial charge in [0.15, 0.2) is 0 Å². The summed E-state index contributed by atoms with van der Waals surface area (Å²) in [7, 11) is 0. The minimum Gasteiger partial charge on any atom is -0.310 e. The summed E-state index contributed by atoms with van der Waals surface area (Å²) in [5.74, 6) is 0.111. The summed E-state index contributed by atoms with van der Waals surface area (Å²) in [6, 6.07) is 120. The lowest BCUT2D eigenvalue weighted by Crippen LogP contribution is -2.35. The number of anilines is 6. The van der Waals surface area contributed by atoms with Gasteiger partial charge in [0.2, 0.25) is 0 Å². The number of para-hydroxylation sites is 1. The molecule has 0 saturated heterocycles. The Bertz CT molecular complexity index is 4900. The molecule has 2 aliphatic rings. The normalized spacial score (nSPS) is 14.8. The van der Waals surface area contributed by atoms with Gasteiger partial charge in [-0.3, -0.25) is 0 Å². The number of hydrogen-bond donors (Lipinski definition) is 0. The zero-order valence-corrected chi connectivity index (χ0v) is 47.3. The summed E-state index contributed by atoms with van der Waals surface area (Å²) in [6.07, 6.45) is 0. The molecule has 1 aromatic heterocycles. The van der Waals surface area contributed by atoms with Crippen LogP contribution in [0, 0.1) is 0 Å². The molecule has 0 fully saturated rings. The van der Waals surface area contributed by atoms with E-state index in [0.29, 0.717) is 0 Å². The Morgan fingerprint density at radius 1 is 0.282 bits per heavy atom. The number of fused-ring (bicyclic) bond motifs is 14.